The average molecular weight is 365 g/mol. The third-order valence-electron chi connectivity index (χ3n) is 4.60. The Kier molecular flexibility index (Phi) is 5.36. The van der Waals surface area contributed by atoms with E-state index in [1.54, 1.807) is 7.11 Å². The number of piperazine rings is 1. The molecule has 0 unspecified atom stereocenters. The highest BCUT2D eigenvalue weighted by Gasteiger charge is 2.31. The van der Waals surface area contributed by atoms with Crippen LogP contribution in [-0.4, -0.2) is 43.2 Å². The van der Waals surface area contributed by atoms with E-state index in [-0.39, 0.29) is 0 Å². The summed E-state index contributed by atoms with van der Waals surface area (Å²) in [5.74, 6) is 1.47. The van der Waals surface area contributed by atoms with Gasteiger partial charge in [-0.2, -0.15) is 13.2 Å². The Morgan fingerprint density at radius 1 is 1.08 bits per heavy atom. The van der Waals surface area contributed by atoms with Crippen LogP contribution in [0.4, 0.5) is 19.0 Å². The Morgan fingerprint density at radius 3 is 2.38 bits per heavy atom. The van der Waals surface area contributed by atoms with Crippen LogP contribution in [0.3, 0.4) is 0 Å². The van der Waals surface area contributed by atoms with E-state index >= 15 is 0 Å². The highest BCUT2D eigenvalue weighted by molar-refractivity contribution is 5.41. The standard InChI is InChI=1S/C19H22F3N3O/c1-14-3-5-17(26-2)15(11-14)13-24-7-9-25(10-8-24)18-6-4-16(12-23-18)19(20,21)22/h3-6,11-12H,7-10,13H2,1-2H3. The third-order valence-corrected chi connectivity index (χ3v) is 4.60. The smallest absolute Gasteiger partial charge is 0.417 e. The summed E-state index contributed by atoms with van der Waals surface area (Å²) in [5, 5.41) is 0. The van der Waals surface area contributed by atoms with Crippen molar-refractivity contribution in [3.8, 4) is 5.75 Å². The zero-order valence-electron chi connectivity index (χ0n) is 14.9. The van der Waals surface area contributed by atoms with Crippen molar-refractivity contribution in [1.29, 1.82) is 0 Å². The number of rotatable bonds is 4. The van der Waals surface area contributed by atoms with Crippen molar-refractivity contribution in [1.82, 2.24) is 9.88 Å². The van der Waals surface area contributed by atoms with Crippen LogP contribution in [0.1, 0.15) is 16.7 Å². The monoisotopic (exact) mass is 365 g/mol. The third kappa shape index (κ3) is 4.27. The first-order valence-corrected chi connectivity index (χ1v) is 8.51. The number of ether oxygens (including phenoxy) is 1. The van der Waals surface area contributed by atoms with Gasteiger partial charge in [-0.1, -0.05) is 17.7 Å². The van der Waals surface area contributed by atoms with Crippen LogP contribution < -0.4 is 9.64 Å². The first-order valence-electron chi connectivity index (χ1n) is 8.51. The van der Waals surface area contributed by atoms with Crippen LogP contribution in [0.5, 0.6) is 5.75 Å². The molecule has 0 radical (unpaired) electrons. The second-order valence-corrected chi connectivity index (χ2v) is 6.48. The lowest BCUT2D eigenvalue weighted by atomic mass is 10.1. The van der Waals surface area contributed by atoms with Gasteiger partial charge in [0.05, 0.1) is 12.7 Å². The highest BCUT2D eigenvalue weighted by Crippen LogP contribution is 2.29. The average Bonchev–Trinajstić information content (AvgIpc) is 2.62. The molecule has 0 amide bonds. The van der Waals surface area contributed by atoms with Gasteiger partial charge in [0.25, 0.3) is 0 Å². The van der Waals surface area contributed by atoms with E-state index in [0.717, 1.165) is 56.3 Å². The number of alkyl halides is 3. The van der Waals surface area contributed by atoms with Crippen LogP contribution in [0, 0.1) is 6.92 Å². The molecule has 7 heteroatoms. The fourth-order valence-corrected chi connectivity index (χ4v) is 3.15. The van der Waals surface area contributed by atoms with Crippen LogP contribution in [-0.2, 0) is 12.7 Å². The summed E-state index contributed by atoms with van der Waals surface area (Å²) in [7, 11) is 1.67. The molecule has 140 valence electrons. The van der Waals surface area contributed by atoms with Crippen molar-refractivity contribution >= 4 is 5.82 Å². The Balaban J connectivity index is 1.60. The molecule has 1 aromatic carbocycles. The van der Waals surface area contributed by atoms with Gasteiger partial charge in [0, 0.05) is 44.5 Å². The van der Waals surface area contributed by atoms with Crippen molar-refractivity contribution in [2.45, 2.75) is 19.6 Å². The predicted molar refractivity (Wildman–Crippen MR) is 94.5 cm³/mol. The molecule has 1 aliphatic rings. The van der Waals surface area contributed by atoms with Gasteiger partial charge >= 0.3 is 6.18 Å². The topological polar surface area (TPSA) is 28.6 Å². The molecule has 3 rings (SSSR count). The summed E-state index contributed by atoms with van der Waals surface area (Å²) in [5.41, 5.74) is 1.62. The summed E-state index contributed by atoms with van der Waals surface area (Å²) < 4.78 is 43.4. The molecule has 4 nitrogen and oxygen atoms in total. The Bertz CT molecular complexity index is 739. The first kappa shape index (κ1) is 18.5. The molecule has 2 aromatic rings. The molecule has 26 heavy (non-hydrogen) atoms. The lowest BCUT2D eigenvalue weighted by Crippen LogP contribution is -2.46. The maximum Gasteiger partial charge on any atom is 0.417 e. The molecular weight excluding hydrogens is 343 g/mol. The van der Waals surface area contributed by atoms with Crippen molar-refractivity contribution < 1.29 is 17.9 Å². The van der Waals surface area contributed by atoms with E-state index in [0.29, 0.717) is 5.82 Å². The number of halogens is 3. The number of aromatic nitrogens is 1. The minimum absolute atomic E-state index is 0.589. The number of pyridine rings is 1. The van der Waals surface area contributed by atoms with E-state index in [9.17, 15) is 13.2 Å². The number of hydrogen-bond acceptors (Lipinski definition) is 4. The van der Waals surface area contributed by atoms with Gasteiger partial charge < -0.3 is 9.64 Å². The van der Waals surface area contributed by atoms with Crippen LogP contribution >= 0.6 is 0 Å². The second kappa shape index (κ2) is 7.53. The molecule has 0 bridgehead atoms. The van der Waals surface area contributed by atoms with E-state index in [1.807, 2.05) is 17.0 Å². The van der Waals surface area contributed by atoms with Gasteiger partial charge in [0.1, 0.15) is 11.6 Å². The summed E-state index contributed by atoms with van der Waals surface area (Å²) in [4.78, 5) is 8.32. The minimum Gasteiger partial charge on any atom is -0.496 e. The SMILES string of the molecule is COc1ccc(C)cc1CN1CCN(c2ccc(C(F)(F)F)cn2)CC1. The number of aryl methyl sites for hydroxylation is 1. The zero-order chi connectivity index (χ0) is 18.7. The van der Waals surface area contributed by atoms with E-state index in [4.69, 9.17) is 4.74 Å². The molecule has 0 atom stereocenters. The van der Waals surface area contributed by atoms with Crippen molar-refractivity contribution in [2.24, 2.45) is 0 Å². The number of anilines is 1. The van der Waals surface area contributed by atoms with Crippen molar-refractivity contribution in [2.75, 3.05) is 38.2 Å². The highest BCUT2D eigenvalue weighted by atomic mass is 19.4. The zero-order valence-corrected chi connectivity index (χ0v) is 14.9. The molecule has 0 aliphatic carbocycles. The number of hydrogen-bond donors (Lipinski definition) is 0. The largest absolute Gasteiger partial charge is 0.496 e. The molecule has 1 aromatic heterocycles. The molecule has 0 spiro atoms. The summed E-state index contributed by atoms with van der Waals surface area (Å²) in [6, 6.07) is 8.67. The fraction of sp³-hybridized carbons (Fsp3) is 0.421. The fourth-order valence-electron chi connectivity index (χ4n) is 3.15. The summed E-state index contributed by atoms with van der Waals surface area (Å²) in [6.45, 7) is 5.94. The number of nitrogens with zero attached hydrogens (tertiary/aromatic N) is 3. The number of methoxy groups -OCH3 is 1. The van der Waals surface area contributed by atoms with Crippen LogP contribution in [0.2, 0.25) is 0 Å². The van der Waals surface area contributed by atoms with Crippen molar-refractivity contribution in [3.05, 3.63) is 53.2 Å². The Morgan fingerprint density at radius 2 is 1.81 bits per heavy atom. The van der Waals surface area contributed by atoms with Gasteiger partial charge in [0.2, 0.25) is 0 Å². The molecule has 1 saturated heterocycles. The summed E-state index contributed by atoms with van der Waals surface area (Å²) in [6.07, 6.45) is -3.45. The molecule has 0 saturated carbocycles. The summed E-state index contributed by atoms with van der Waals surface area (Å²) >= 11 is 0. The predicted octanol–water partition coefficient (Wildman–Crippen LogP) is 3.74. The Hall–Kier alpha value is -2.28. The van der Waals surface area contributed by atoms with Gasteiger partial charge in [-0.25, -0.2) is 4.98 Å². The van der Waals surface area contributed by atoms with Crippen molar-refractivity contribution in [3.63, 3.8) is 0 Å². The van der Waals surface area contributed by atoms with Gasteiger partial charge in [-0.05, 0) is 25.1 Å². The van der Waals surface area contributed by atoms with Gasteiger partial charge in [-0.15, -0.1) is 0 Å². The van der Waals surface area contributed by atoms with Crippen LogP contribution in [0.25, 0.3) is 0 Å². The van der Waals surface area contributed by atoms with E-state index in [2.05, 4.69) is 22.9 Å². The molecule has 1 fully saturated rings. The van der Waals surface area contributed by atoms with Gasteiger partial charge in [-0.3, -0.25) is 4.90 Å². The lowest BCUT2D eigenvalue weighted by Gasteiger charge is -2.35. The normalized spacial score (nSPS) is 16.0. The minimum atomic E-state index is -4.35. The van der Waals surface area contributed by atoms with E-state index < -0.39 is 11.7 Å². The number of benzene rings is 1. The lowest BCUT2D eigenvalue weighted by molar-refractivity contribution is -0.137. The molecule has 0 N–H and O–H groups in total. The molecular formula is C19H22F3N3O. The molecule has 2 heterocycles. The second-order valence-electron chi connectivity index (χ2n) is 6.48. The first-order chi connectivity index (χ1) is 12.4. The Labute approximate surface area is 151 Å². The van der Waals surface area contributed by atoms with Crippen LogP contribution in [0.15, 0.2) is 36.5 Å². The maximum absolute atomic E-state index is 12.6. The van der Waals surface area contributed by atoms with Gasteiger partial charge in [0.15, 0.2) is 0 Å². The maximum atomic E-state index is 12.6. The van der Waals surface area contributed by atoms with E-state index in [1.165, 1.54) is 11.6 Å². The molecule has 1 aliphatic heterocycles. The quantitative estimate of drug-likeness (QED) is 0.825.